The minimum atomic E-state index is -0.954. The van der Waals surface area contributed by atoms with E-state index in [1.54, 1.807) is 0 Å². The summed E-state index contributed by atoms with van der Waals surface area (Å²) in [5, 5.41) is 3.05. The quantitative estimate of drug-likeness (QED) is 0.125. The van der Waals surface area contributed by atoms with Crippen LogP contribution in [0.4, 0.5) is 0 Å². The number of nitrogens with two attached hydrogens (primary N) is 3. The number of hydrogen-bond donors (Lipinski definition) is 5. The number of nitrogens with zero attached hydrogens (tertiary/aromatic N) is 1. The van der Waals surface area contributed by atoms with Gasteiger partial charge in [0.25, 0.3) is 0 Å². The number of carbonyl (C=O) groups is 2. The van der Waals surface area contributed by atoms with Crippen molar-refractivity contribution in [3.05, 3.63) is 69.8 Å². The zero-order valence-corrected chi connectivity index (χ0v) is 31.5. The molecule has 0 radical (unpaired) electrons. The molecule has 0 fully saturated rings. The molecule has 0 spiro atoms. The van der Waals surface area contributed by atoms with E-state index in [1.165, 1.54) is 22.3 Å². The van der Waals surface area contributed by atoms with Gasteiger partial charge >= 0.3 is 0 Å². The second kappa shape index (κ2) is 14.8. The summed E-state index contributed by atoms with van der Waals surface area (Å²) in [6.45, 7) is 27.2. The molecule has 47 heavy (non-hydrogen) atoms. The first-order valence-corrected chi connectivity index (χ1v) is 17.0. The van der Waals surface area contributed by atoms with Crippen molar-refractivity contribution in [2.75, 3.05) is 13.1 Å². The molecule has 0 aromatic heterocycles. The standard InChI is InChI=1S/C39H64N6O2/c1-35(2,3)27-16-25(17-28(20-27)36(4,5)6)22-39(24-40,33(47)45-31(32(41)46)14-13-15-44-34(42)43)23-26-18-29(37(7,8)9)21-30(19-26)38(10,11)12/h16-21,31H,13-15,22-24,40H2,1-12H3,(H2,41,46)(H,45,47)(H4,42,43,44)/p+1/t31-/m0/s1. The number of aliphatic imine (C=N–C) groups is 1. The topological polar surface area (TPSA) is 164 Å². The zero-order valence-electron chi connectivity index (χ0n) is 31.5. The van der Waals surface area contributed by atoms with E-state index >= 15 is 0 Å². The minimum Gasteiger partial charge on any atom is -0.370 e. The van der Waals surface area contributed by atoms with Gasteiger partial charge in [0.15, 0.2) is 5.96 Å². The molecular weight excluding hydrogens is 584 g/mol. The molecule has 2 amide bonds. The lowest BCUT2D eigenvalue weighted by Gasteiger charge is -2.34. The summed E-state index contributed by atoms with van der Waals surface area (Å²) < 4.78 is 0. The first-order valence-electron chi connectivity index (χ1n) is 17.0. The van der Waals surface area contributed by atoms with Crippen molar-refractivity contribution in [3.8, 4) is 0 Å². The third-order valence-electron chi connectivity index (χ3n) is 9.09. The number of hydrogen-bond acceptors (Lipinski definition) is 3. The summed E-state index contributed by atoms with van der Waals surface area (Å²) in [7, 11) is 0. The Labute approximate surface area is 284 Å². The van der Waals surface area contributed by atoms with E-state index in [1.807, 2.05) is 0 Å². The van der Waals surface area contributed by atoms with E-state index in [0.717, 1.165) is 11.1 Å². The van der Waals surface area contributed by atoms with Crippen LogP contribution in [0, 0.1) is 5.41 Å². The summed E-state index contributed by atoms with van der Waals surface area (Å²) >= 11 is 0. The maximum absolute atomic E-state index is 14.7. The van der Waals surface area contributed by atoms with Gasteiger partial charge in [-0.1, -0.05) is 119 Å². The molecule has 1 atom stereocenters. The summed E-state index contributed by atoms with van der Waals surface area (Å²) in [4.78, 5) is 31.3. The first kappa shape index (κ1) is 39.8. The minimum absolute atomic E-state index is 0.0139. The number of rotatable bonds is 12. The van der Waals surface area contributed by atoms with E-state index in [9.17, 15) is 9.59 Å². The second-order valence-electron chi connectivity index (χ2n) is 17.6. The Morgan fingerprint density at radius 3 is 1.32 bits per heavy atom. The van der Waals surface area contributed by atoms with Crippen molar-refractivity contribution < 1.29 is 15.3 Å². The Hall–Kier alpha value is -3.39. The molecule has 0 aliphatic carbocycles. The van der Waals surface area contributed by atoms with Gasteiger partial charge in [-0.15, -0.1) is 0 Å². The highest BCUT2D eigenvalue weighted by Crippen LogP contribution is 2.37. The van der Waals surface area contributed by atoms with Crippen LogP contribution in [0.2, 0.25) is 0 Å². The molecule has 10 N–H and O–H groups in total. The molecule has 2 aromatic carbocycles. The molecule has 0 bridgehead atoms. The smallest absolute Gasteiger partial charge is 0.240 e. The molecular formula is C39H65N6O2+. The Morgan fingerprint density at radius 1 is 0.681 bits per heavy atom. The van der Waals surface area contributed by atoms with Gasteiger partial charge in [0.1, 0.15) is 11.5 Å². The molecule has 0 aliphatic rings. The van der Waals surface area contributed by atoms with E-state index in [-0.39, 0.29) is 33.5 Å². The molecule has 0 saturated heterocycles. The molecule has 2 rings (SSSR count). The summed E-state index contributed by atoms with van der Waals surface area (Å²) in [5.74, 6) is -0.828. The highest BCUT2D eigenvalue weighted by atomic mass is 16.2. The van der Waals surface area contributed by atoms with Crippen LogP contribution in [0.15, 0.2) is 41.4 Å². The van der Waals surface area contributed by atoms with E-state index in [4.69, 9.17) is 17.2 Å². The van der Waals surface area contributed by atoms with Crippen LogP contribution in [-0.4, -0.2) is 36.9 Å². The van der Waals surface area contributed by atoms with Gasteiger partial charge in [-0.05, 0) is 80.7 Å². The average Bonchev–Trinajstić information content (AvgIpc) is 2.91. The zero-order chi connectivity index (χ0) is 36.2. The molecule has 0 heterocycles. The van der Waals surface area contributed by atoms with Gasteiger partial charge in [-0.3, -0.25) is 14.6 Å². The van der Waals surface area contributed by atoms with E-state index in [0.29, 0.717) is 38.8 Å². The summed E-state index contributed by atoms with van der Waals surface area (Å²) in [6.07, 6.45) is 1.74. The highest BCUT2D eigenvalue weighted by Gasteiger charge is 2.42. The number of benzene rings is 2. The van der Waals surface area contributed by atoms with Crippen LogP contribution in [-0.2, 0) is 44.1 Å². The number of nitrogens with one attached hydrogen (secondary N) is 1. The number of primary amides is 1. The van der Waals surface area contributed by atoms with E-state index in [2.05, 4.69) is 136 Å². The fourth-order valence-electron chi connectivity index (χ4n) is 5.72. The lowest BCUT2D eigenvalue weighted by atomic mass is 9.71. The molecule has 8 nitrogen and oxygen atoms in total. The van der Waals surface area contributed by atoms with Crippen molar-refractivity contribution in [3.63, 3.8) is 0 Å². The van der Waals surface area contributed by atoms with Crippen molar-refractivity contribution >= 4 is 17.8 Å². The Bertz CT molecular complexity index is 1290. The van der Waals surface area contributed by atoms with Crippen LogP contribution in [0.3, 0.4) is 0 Å². The predicted molar refractivity (Wildman–Crippen MR) is 196 cm³/mol. The Balaban J connectivity index is 2.78. The second-order valence-corrected chi connectivity index (χ2v) is 17.6. The van der Waals surface area contributed by atoms with Gasteiger partial charge in [-0.2, -0.15) is 0 Å². The van der Waals surface area contributed by atoms with Crippen LogP contribution in [0.5, 0.6) is 0 Å². The summed E-state index contributed by atoms with van der Waals surface area (Å²) in [6, 6.07) is 12.7. The SMILES string of the molecule is CC(C)(C)c1cc(CC(C[NH3+])(Cc2cc(C(C)(C)C)cc(C(C)(C)C)c2)C(=O)N[C@@H](CCCN=C(N)N)C(N)=O)cc(C(C)(C)C)c1. The highest BCUT2D eigenvalue weighted by molar-refractivity contribution is 5.90. The van der Waals surface area contributed by atoms with Crippen molar-refractivity contribution in [2.24, 2.45) is 27.6 Å². The molecule has 262 valence electrons. The number of amides is 2. The Kier molecular flexibility index (Phi) is 12.5. The lowest BCUT2D eigenvalue weighted by molar-refractivity contribution is -0.388. The van der Waals surface area contributed by atoms with Crippen LogP contribution in [0.25, 0.3) is 0 Å². The van der Waals surface area contributed by atoms with Crippen molar-refractivity contribution in [1.82, 2.24) is 5.32 Å². The molecule has 8 heteroatoms. The number of guanidine groups is 1. The van der Waals surface area contributed by atoms with Gasteiger partial charge in [-0.25, -0.2) is 0 Å². The third kappa shape index (κ3) is 11.4. The largest absolute Gasteiger partial charge is 0.370 e. The van der Waals surface area contributed by atoms with Gasteiger partial charge in [0.05, 0.1) is 6.54 Å². The van der Waals surface area contributed by atoms with E-state index < -0.39 is 17.4 Å². The van der Waals surface area contributed by atoms with Crippen LogP contribution < -0.4 is 28.3 Å². The summed E-state index contributed by atoms with van der Waals surface area (Å²) in [5.41, 5.74) is 26.9. The monoisotopic (exact) mass is 650 g/mol. The maximum atomic E-state index is 14.7. The molecule has 0 saturated carbocycles. The van der Waals surface area contributed by atoms with Gasteiger partial charge < -0.3 is 28.3 Å². The van der Waals surface area contributed by atoms with Crippen LogP contribution >= 0.6 is 0 Å². The molecule has 2 aromatic rings. The first-order chi connectivity index (χ1) is 21.3. The predicted octanol–water partition coefficient (Wildman–Crippen LogP) is 4.91. The lowest BCUT2D eigenvalue weighted by Crippen LogP contribution is -2.65. The fraction of sp³-hybridized carbons (Fsp3) is 0.615. The third-order valence-corrected chi connectivity index (χ3v) is 9.09. The maximum Gasteiger partial charge on any atom is 0.240 e. The van der Waals surface area contributed by atoms with Gasteiger partial charge in [0.2, 0.25) is 11.8 Å². The normalized spacial score (nSPS) is 13.6. The number of carbonyl (C=O) groups excluding carboxylic acids is 2. The average molecular weight is 650 g/mol. The van der Waals surface area contributed by atoms with Crippen LogP contribution in [0.1, 0.15) is 129 Å². The molecule has 0 aliphatic heterocycles. The van der Waals surface area contributed by atoms with Gasteiger partial charge in [0, 0.05) is 6.54 Å². The fourth-order valence-corrected chi connectivity index (χ4v) is 5.72. The van der Waals surface area contributed by atoms with Crippen molar-refractivity contribution in [1.29, 1.82) is 0 Å². The van der Waals surface area contributed by atoms with Crippen molar-refractivity contribution in [2.45, 2.75) is 136 Å². The number of quaternary nitrogens is 1. The Morgan fingerprint density at radius 2 is 1.04 bits per heavy atom. The molecule has 0 unspecified atom stereocenters.